The van der Waals surface area contributed by atoms with Crippen molar-refractivity contribution < 1.29 is 9.53 Å². The molecule has 0 aliphatic heterocycles. The second-order valence-electron chi connectivity index (χ2n) is 4.66. The predicted molar refractivity (Wildman–Crippen MR) is 81.6 cm³/mol. The molecule has 0 radical (unpaired) electrons. The number of unbranched alkanes of at least 4 members (excludes halogenated alkanes) is 4. The molecule has 0 aromatic carbocycles. The highest BCUT2D eigenvalue weighted by molar-refractivity contribution is 14.1. The van der Waals surface area contributed by atoms with Crippen LogP contribution in [0.15, 0.2) is 0 Å². The van der Waals surface area contributed by atoms with Crippen LogP contribution in [0, 0.1) is 0 Å². The lowest BCUT2D eigenvalue weighted by molar-refractivity contribution is -0.146. The lowest BCUT2D eigenvalue weighted by Crippen LogP contribution is -2.26. The first-order valence-corrected chi connectivity index (χ1v) is 8.17. The fourth-order valence-corrected chi connectivity index (χ4v) is 2.84. The van der Waals surface area contributed by atoms with E-state index in [-0.39, 0.29) is 12.1 Å². The van der Waals surface area contributed by atoms with Crippen molar-refractivity contribution in [3.8, 4) is 0 Å². The Morgan fingerprint density at radius 1 is 1.06 bits per heavy atom. The van der Waals surface area contributed by atoms with Crippen LogP contribution in [0.5, 0.6) is 0 Å². The Morgan fingerprint density at radius 2 is 1.59 bits per heavy atom. The van der Waals surface area contributed by atoms with Gasteiger partial charge in [0, 0.05) is 10.8 Å². The lowest BCUT2D eigenvalue weighted by Gasteiger charge is -2.22. The van der Waals surface area contributed by atoms with Gasteiger partial charge in [-0.3, -0.25) is 4.79 Å². The maximum Gasteiger partial charge on any atom is 0.302 e. The summed E-state index contributed by atoms with van der Waals surface area (Å²) in [6, 6.07) is 0. The van der Waals surface area contributed by atoms with Crippen LogP contribution < -0.4 is 0 Å². The Morgan fingerprint density at radius 3 is 2.06 bits per heavy atom. The highest BCUT2D eigenvalue weighted by Gasteiger charge is 2.20. The van der Waals surface area contributed by atoms with Crippen molar-refractivity contribution in [1.82, 2.24) is 0 Å². The summed E-state index contributed by atoms with van der Waals surface area (Å²) < 4.78 is 5.92. The smallest absolute Gasteiger partial charge is 0.302 e. The molecule has 102 valence electrons. The molecule has 0 bridgehead atoms. The molecule has 17 heavy (non-hydrogen) atoms. The van der Waals surface area contributed by atoms with E-state index >= 15 is 0 Å². The van der Waals surface area contributed by atoms with Gasteiger partial charge in [0.2, 0.25) is 0 Å². The second kappa shape index (κ2) is 11.3. The Labute approximate surface area is 120 Å². The maximum atomic E-state index is 11.1. The van der Waals surface area contributed by atoms with Gasteiger partial charge in [-0.1, -0.05) is 68.5 Å². The SMILES string of the molecule is CCCCC[C@@H](I)[C@@H](CCCCC)OC(C)=O. The van der Waals surface area contributed by atoms with Crippen LogP contribution >= 0.6 is 22.6 Å². The summed E-state index contributed by atoms with van der Waals surface area (Å²) >= 11 is 2.45. The van der Waals surface area contributed by atoms with Gasteiger partial charge in [0.05, 0.1) is 0 Å². The molecule has 0 unspecified atom stereocenters. The summed E-state index contributed by atoms with van der Waals surface area (Å²) in [6.45, 7) is 5.93. The third-order valence-corrected chi connectivity index (χ3v) is 4.32. The quantitative estimate of drug-likeness (QED) is 0.242. The van der Waals surface area contributed by atoms with Crippen LogP contribution in [-0.4, -0.2) is 16.0 Å². The molecule has 0 amide bonds. The average molecular weight is 354 g/mol. The highest BCUT2D eigenvalue weighted by Crippen LogP contribution is 2.22. The number of halogens is 1. The van der Waals surface area contributed by atoms with Gasteiger partial charge >= 0.3 is 5.97 Å². The summed E-state index contributed by atoms with van der Waals surface area (Å²) in [5.74, 6) is -0.136. The van der Waals surface area contributed by atoms with Gasteiger partial charge in [0.15, 0.2) is 0 Å². The topological polar surface area (TPSA) is 26.3 Å². The minimum atomic E-state index is -0.136. The maximum absolute atomic E-state index is 11.1. The van der Waals surface area contributed by atoms with Gasteiger partial charge in [-0.25, -0.2) is 0 Å². The van der Waals surface area contributed by atoms with Crippen molar-refractivity contribution in [1.29, 1.82) is 0 Å². The number of ether oxygens (including phenoxy) is 1. The number of hydrogen-bond acceptors (Lipinski definition) is 2. The van der Waals surface area contributed by atoms with Crippen LogP contribution in [0.3, 0.4) is 0 Å². The molecular weight excluding hydrogens is 327 g/mol. The van der Waals surface area contributed by atoms with E-state index in [0.717, 1.165) is 6.42 Å². The monoisotopic (exact) mass is 354 g/mol. The lowest BCUT2D eigenvalue weighted by atomic mass is 10.0. The van der Waals surface area contributed by atoms with Gasteiger partial charge in [-0.2, -0.15) is 0 Å². The number of hydrogen-bond donors (Lipinski definition) is 0. The Hall–Kier alpha value is 0.200. The van der Waals surface area contributed by atoms with Crippen LogP contribution in [0.4, 0.5) is 0 Å². The highest BCUT2D eigenvalue weighted by atomic mass is 127. The molecule has 0 N–H and O–H groups in total. The summed E-state index contributed by atoms with van der Waals surface area (Å²) in [7, 11) is 0. The second-order valence-corrected chi connectivity index (χ2v) is 6.26. The van der Waals surface area contributed by atoms with Gasteiger partial charge < -0.3 is 4.74 Å². The van der Waals surface area contributed by atoms with E-state index in [1.165, 1.54) is 51.9 Å². The molecule has 3 heteroatoms. The van der Waals surface area contributed by atoms with Gasteiger partial charge in [-0.05, 0) is 19.3 Å². The molecule has 0 aliphatic carbocycles. The zero-order valence-electron chi connectivity index (χ0n) is 11.5. The number of rotatable bonds is 10. The molecule has 0 saturated carbocycles. The van der Waals surface area contributed by atoms with Crippen LogP contribution in [-0.2, 0) is 9.53 Å². The van der Waals surface area contributed by atoms with E-state index in [4.69, 9.17) is 4.74 Å². The van der Waals surface area contributed by atoms with Crippen molar-refractivity contribution in [2.45, 2.75) is 82.2 Å². The molecule has 2 nitrogen and oxygen atoms in total. The van der Waals surface area contributed by atoms with Crippen molar-refractivity contribution in [3.63, 3.8) is 0 Å². The van der Waals surface area contributed by atoms with Gasteiger partial charge in [0.1, 0.15) is 6.10 Å². The van der Waals surface area contributed by atoms with Crippen molar-refractivity contribution >= 4 is 28.6 Å². The average Bonchev–Trinajstić information content (AvgIpc) is 2.27. The van der Waals surface area contributed by atoms with Crippen LogP contribution in [0.25, 0.3) is 0 Å². The zero-order valence-corrected chi connectivity index (χ0v) is 13.7. The predicted octanol–water partition coefficient (Wildman–Crippen LogP) is 4.88. The van der Waals surface area contributed by atoms with Crippen molar-refractivity contribution in [3.05, 3.63) is 0 Å². The summed E-state index contributed by atoms with van der Waals surface area (Å²) in [5.41, 5.74) is 0. The molecular formula is C14H27IO2. The van der Waals surface area contributed by atoms with E-state index in [1.807, 2.05) is 0 Å². The van der Waals surface area contributed by atoms with Gasteiger partial charge in [0.25, 0.3) is 0 Å². The molecule has 0 spiro atoms. The van der Waals surface area contributed by atoms with Crippen LogP contribution in [0.2, 0.25) is 0 Å². The molecule has 0 heterocycles. The molecule has 0 fully saturated rings. The molecule has 0 aliphatic rings. The number of carbonyl (C=O) groups is 1. The molecule has 0 aromatic heterocycles. The fraction of sp³-hybridized carbons (Fsp3) is 0.929. The van der Waals surface area contributed by atoms with E-state index < -0.39 is 0 Å². The number of esters is 1. The summed E-state index contributed by atoms with van der Waals surface area (Å²) in [6.07, 6.45) is 9.70. The molecule has 0 aromatic rings. The van der Waals surface area contributed by atoms with Crippen molar-refractivity contribution in [2.75, 3.05) is 0 Å². The largest absolute Gasteiger partial charge is 0.461 e. The Balaban J connectivity index is 4.00. The third-order valence-electron chi connectivity index (χ3n) is 2.90. The standard InChI is InChI=1S/C14H27IO2/c1-4-6-8-10-13(15)14(17-12(3)16)11-9-7-5-2/h13-14H,4-11H2,1-3H3/t13-,14-/m1/s1. The minimum Gasteiger partial charge on any atom is -0.461 e. The molecule has 0 saturated heterocycles. The van der Waals surface area contributed by atoms with E-state index in [0.29, 0.717) is 3.92 Å². The summed E-state index contributed by atoms with van der Waals surface area (Å²) in [5, 5.41) is 0. The van der Waals surface area contributed by atoms with E-state index in [2.05, 4.69) is 36.4 Å². The normalized spacial score (nSPS) is 14.4. The minimum absolute atomic E-state index is 0.122. The Kier molecular flexibility index (Phi) is 11.4. The fourth-order valence-electron chi connectivity index (χ4n) is 1.90. The Bertz CT molecular complexity index is 195. The first-order valence-electron chi connectivity index (χ1n) is 6.93. The first kappa shape index (κ1) is 17.2. The molecule has 0 rings (SSSR count). The van der Waals surface area contributed by atoms with Crippen LogP contribution in [0.1, 0.15) is 72.1 Å². The number of carbonyl (C=O) groups excluding carboxylic acids is 1. The third kappa shape index (κ3) is 9.86. The zero-order chi connectivity index (χ0) is 13.1. The van der Waals surface area contributed by atoms with E-state index in [9.17, 15) is 4.79 Å². The van der Waals surface area contributed by atoms with E-state index in [1.54, 1.807) is 0 Å². The van der Waals surface area contributed by atoms with Crippen molar-refractivity contribution in [2.24, 2.45) is 0 Å². The summed E-state index contributed by atoms with van der Waals surface area (Å²) in [4.78, 5) is 11.1. The first-order chi connectivity index (χ1) is 8.11. The molecule has 2 atom stereocenters. The number of alkyl halides is 1. The van der Waals surface area contributed by atoms with Gasteiger partial charge in [-0.15, -0.1) is 0 Å².